The van der Waals surface area contributed by atoms with E-state index >= 15 is 0 Å². The van der Waals surface area contributed by atoms with Crippen LogP contribution in [0.4, 0.5) is 0 Å². The minimum atomic E-state index is 0.120. The highest BCUT2D eigenvalue weighted by atomic mass is 35.5. The zero-order valence-corrected chi connectivity index (χ0v) is 13.3. The molecule has 2 aromatic rings. The van der Waals surface area contributed by atoms with Crippen molar-refractivity contribution >= 4 is 11.6 Å². The van der Waals surface area contributed by atoms with Crippen LogP contribution in [0.15, 0.2) is 48.5 Å². The summed E-state index contributed by atoms with van der Waals surface area (Å²) in [6, 6.07) is 15.8. The second-order valence-electron chi connectivity index (χ2n) is 5.20. The number of hydrogen-bond donors (Lipinski definition) is 2. The second-order valence-corrected chi connectivity index (χ2v) is 5.64. The molecule has 0 saturated carbocycles. The lowest BCUT2D eigenvalue weighted by Gasteiger charge is -2.25. The molecule has 0 fully saturated rings. The zero-order valence-electron chi connectivity index (χ0n) is 12.5. The van der Waals surface area contributed by atoms with Crippen LogP contribution in [0.2, 0.25) is 5.02 Å². The van der Waals surface area contributed by atoms with Gasteiger partial charge in [-0.1, -0.05) is 55.8 Å². The molecule has 0 saturated heterocycles. The van der Waals surface area contributed by atoms with E-state index in [1.54, 1.807) is 6.07 Å². The molecule has 2 aromatic carbocycles. The molecular weight excluding hydrogens is 282 g/mol. The summed E-state index contributed by atoms with van der Waals surface area (Å²) in [5.41, 5.74) is 2.12. The minimum absolute atomic E-state index is 0.120. The Bertz CT molecular complexity index is 585. The number of phenols is 1. The lowest BCUT2D eigenvalue weighted by molar-refractivity contribution is 0.402. The Labute approximate surface area is 131 Å². The second kappa shape index (κ2) is 7.48. The predicted molar refractivity (Wildman–Crippen MR) is 88.8 cm³/mol. The third-order valence-electron chi connectivity index (χ3n) is 3.78. The summed E-state index contributed by atoms with van der Waals surface area (Å²) in [4.78, 5) is 0. The summed E-state index contributed by atoms with van der Waals surface area (Å²) in [7, 11) is 0. The van der Waals surface area contributed by atoms with E-state index in [0.29, 0.717) is 5.75 Å². The maximum atomic E-state index is 10.1. The summed E-state index contributed by atoms with van der Waals surface area (Å²) in [6.45, 7) is 4.27. The van der Waals surface area contributed by atoms with Crippen LogP contribution in [0, 0.1) is 0 Å². The third kappa shape index (κ3) is 3.99. The van der Waals surface area contributed by atoms with Crippen LogP contribution in [-0.2, 0) is 0 Å². The smallest absolute Gasteiger partial charge is 0.120 e. The van der Waals surface area contributed by atoms with Gasteiger partial charge >= 0.3 is 0 Å². The van der Waals surface area contributed by atoms with Crippen molar-refractivity contribution in [2.45, 2.75) is 38.8 Å². The first-order valence-electron chi connectivity index (χ1n) is 7.45. The van der Waals surface area contributed by atoms with Crippen LogP contribution in [0.25, 0.3) is 0 Å². The molecule has 0 heterocycles. The lowest BCUT2D eigenvalue weighted by atomic mass is 9.98. The van der Waals surface area contributed by atoms with Crippen molar-refractivity contribution in [2.75, 3.05) is 0 Å². The maximum Gasteiger partial charge on any atom is 0.120 e. The molecule has 0 aromatic heterocycles. The summed E-state index contributed by atoms with van der Waals surface area (Å²) in [5, 5.41) is 14.4. The van der Waals surface area contributed by atoms with Gasteiger partial charge in [0.15, 0.2) is 0 Å². The van der Waals surface area contributed by atoms with E-state index in [-0.39, 0.29) is 12.1 Å². The molecule has 2 rings (SSSR count). The summed E-state index contributed by atoms with van der Waals surface area (Å²) < 4.78 is 0. The van der Waals surface area contributed by atoms with Gasteiger partial charge in [0.05, 0.1) is 0 Å². The molecule has 2 atom stereocenters. The van der Waals surface area contributed by atoms with Gasteiger partial charge in [0, 0.05) is 22.7 Å². The molecule has 0 radical (unpaired) electrons. The first-order valence-corrected chi connectivity index (χ1v) is 7.82. The van der Waals surface area contributed by atoms with Crippen LogP contribution in [0.1, 0.15) is 49.9 Å². The Balaban J connectivity index is 2.22. The van der Waals surface area contributed by atoms with Crippen LogP contribution < -0.4 is 5.32 Å². The Morgan fingerprint density at radius 2 is 1.71 bits per heavy atom. The van der Waals surface area contributed by atoms with Gasteiger partial charge in [-0.3, -0.25) is 0 Å². The fourth-order valence-electron chi connectivity index (χ4n) is 2.63. The molecule has 2 unspecified atom stereocenters. The van der Waals surface area contributed by atoms with E-state index in [1.807, 2.05) is 36.4 Å². The average molecular weight is 304 g/mol. The van der Waals surface area contributed by atoms with E-state index in [0.717, 1.165) is 23.4 Å². The van der Waals surface area contributed by atoms with Crippen LogP contribution in [-0.4, -0.2) is 5.11 Å². The van der Waals surface area contributed by atoms with Crippen molar-refractivity contribution < 1.29 is 5.11 Å². The summed E-state index contributed by atoms with van der Waals surface area (Å²) in [6.07, 6.45) is 1.87. The Morgan fingerprint density at radius 3 is 2.33 bits per heavy atom. The molecule has 21 heavy (non-hydrogen) atoms. The van der Waals surface area contributed by atoms with Gasteiger partial charge in [0.1, 0.15) is 5.75 Å². The van der Waals surface area contributed by atoms with Crippen LogP contribution in [0.3, 0.4) is 0 Å². The largest absolute Gasteiger partial charge is 0.508 e. The quantitative estimate of drug-likeness (QED) is 0.765. The van der Waals surface area contributed by atoms with E-state index in [2.05, 4.69) is 25.2 Å². The number of para-hydroxylation sites is 1. The van der Waals surface area contributed by atoms with Gasteiger partial charge in [0.25, 0.3) is 0 Å². The minimum Gasteiger partial charge on any atom is -0.508 e. The highest BCUT2D eigenvalue weighted by molar-refractivity contribution is 6.30. The number of hydrogen-bond acceptors (Lipinski definition) is 2. The molecule has 2 N–H and O–H groups in total. The van der Waals surface area contributed by atoms with Gasteiger partial charge in [-0.15, -0.1) is 0 Å². The number of aromatic hydroxyl groups is 1. The van der Waals surface area contributed by atoms with E-state index in [1.165, 1.54) is 5.56 Å². The fraction of sp³-hybridized carbons (Fsp3) is 0.333. The molecule has 0 bridgehead atoms. The molecule has 0 aliphatic carbocycles. The highest BCUT2D eigenvalue weighted by Crippen LogP contribution is 2.30. The van der Waals surface area contributed by atoms with Gasteiger partial charge in [-0.2, -0.15) is 0 Å². The molecule has 3 heteroatoms. The van der Waals surface area contributed by atoms with Gasteiger partial charge < -0.3 is 10.4 Å². The maximum absolute atomic E-state index is 10.1. The van der Waals surface area contributed by atoms with Crippen molar-refractivity contribution in [3.05, 3.63) is 64.7 Å². The van der Waals surface area contributed by atoms with Crippen LogP contribution in [0.5, 0.6) is 5.75 Å². The van der Waals surface area contributed by atoms with Crippen molar-refractivity contribution in [3.63, 3.8) is 0 Å². The average Bonchev–Trinajstić information content (AvgIpc) is 2.50. The number of nitrogens with one attached hydrogen (secondary N) is 1. The van der Waals surface area contributed by atoms with Crippen molar-refractivity contribution in [1.82, 2.24) is 5.32 Å². The van der Waals surface area contributed by atoms with Crippen molar-refractivity contribution in [1.29, 1.82) is 0 Å². The molecule has 2 nitrogen and oxygen atoms in total. The van der Waals surface area contributed by atoms with E-state index in [4.69, 9.17) is 11.6 Å². The molecule has 0 aliphatic rings. The monoisotopic (exact) mass is 303 g/mol. The number of phenolic OH excluding ortho intramolecular Hbond substituents is 1. The Morgan fingerprint density at radius 1 is 1.00 bits per heavy atom. The predicted octanol–water partition coefficient (Wildman–Crippen LogP) is 5.24. The first-order chi connectivity index (χ1) is 10.2. The summed E-state index contributed by atoms with van der Waals surface area (Å²) in [5.74, 6) is 0.345. The fourth-order valence-corrected chi connectivity index (χ4v) is 2.82. The summed E-state index contributed by atoms with van der Waals surface area (Å²) >= 11 is 6.09. The first kappa shape index (κ1) is 15.9. The van der Waals surface area contributed by atoms with Gasteiger partial charge in [-0.25, -0.2) is 0 Å². The topological polar surface area (TPSA) is 32.3 Å². The standard InChI is InChI=1S/C18H22ClNO/c1-3-16(13-8-7-9-14(19)12-13)20-17(4-2)15-10-5-6-11-18(15)21/h5-12,16-17,20-21H,3-4H2,1-2H3. The number of rotatable bonds is 6. The Hall–Kier alpha value is -1.51. The highest BCUT2D eigenvalue weighted by Gasteiger charge is 2.18. The van der Waals surface area contributed by atoms with Gasteiger partial charge in [0.2, 0.25) is 0 Å². The molecule has 112 valence electrons. The van der Waals surface area contributed by atoms with Crippen molar-refractivity contribution in [2.24, 2.45) is 0 Å². The molecule has 0 aliphatic heterocycles. The zero-order chi connectivity index (χ0) is 15.2. The number of halogens is 1. The molecule has 0 spiro atoms. The van der Waals surface area contributed by atoms with Crippen molar-refractivity contribution in [3.8, 4) is 5.75 Å². The van der Waals surface area contributed by atoms with Crippen LogP contribution >= 0.6 is 11.6 Å². The van der Waals surface area contributed by atoms with E-state index < -0.39 is 0 Å². The third-order valence-corrected chi connectivity index (χ3v) is 4.02. The normalized spacial score (nSPS) is 13.9. The molecular formula is C18H22ClNO. The number of benzene rings is 2. The van der Waals surface area contributed by atoms with E-state index in [9.17, 15) is 5.11 Å². The lowest BCUT2D eigenvalue weighted by Crippen LogP contribution is -2.26. The van der Waals surface area contributed by atoms with Gasteiger partial charge in [-0.05, 0) is 36.6 Å². The Kier molecular flexibility index (Phi) is 5.66. The molecule has 0 amide bonds. The SMILES string of the molecule is CCC(NC(CC)c1ccccc1O)c1cccc(Cl)c1.